The molecule has 4 rings (SSSR count). The number of thiazole rings is 1. The molecule has 1 amide bonds. The number of anilines is 1. The van der Waals surface area contributed by atoms with Gasteiger partial charge in [0.05, 0.1) is 36.6 Å². The van der Waals surface area contributed by atoms with Crippen LogP contribution >= 0.6 is 11.3 Å². The number of carbonyl (C=O) groups excluding carboxylic acids is 1. The number of rotatable bonds is 3. The second kappa shape index (κ2) is 6.22. The molecule has 0 aliphatic carbocycles. The summed E-state index contributed by atoms with van der Waals surface area (Å²) in [7, 11) is 0. The number of likely N-dealkylation sites (tertiary alicyclic amines) is 1. The Morgan fingerprint density at radius 2 is 2.46 bits per heavy atom. The van der Waals surface area contributed by atoms with Gasteiger partial charge in [-0.3, -0.25) is 4.79 Å². The number of hydrogen-bond donors (Lipinski definition) is 1. The zero-order valence-corrected chi connectivity index (χ0v) is 14.5. The molecule has 0 bridgehead atoms. The van der Waals surface area contributed by atoms with E-state index < -0.39 is 0 Å². The Hall–Kier alpha value is -1.86. The lowest BCUT2D eigenvalue weighted by Gasteiger charge is -2.39. The number of carbonyl (C=O) groups is 1. The summed E-state index contributed by atoms with van der Waals surface area (Å²) in [5.74, 6) is 0.718. The first-order chi connectivity index (χ1) is 11.7. The van der Waals surface area contributed by atoms with Gasteiger partial charge in [-0.2, -0.15) is 0 Å². The molecule has 2 aromatic heterocycles. The summed E-state index contributed by atoms with van der Waals surface area (Å²) in [5.41, 5.74) is 0.419. The zero-order chi connectivity index (χ0) is 16.6. The van der Waals surface area contributed by atoms with E-state index in [1.165, 1.54) is 0 Å². The Kier molecular flexibility index (Phi) is 4.05. The van der Waals surface area contributed by atoms with Crippen LogP contribution in [-0.4, -0.2) is 47.1 Å². The normalized spacial score (nSPS) is 26.9. The van der Waals surface area contributed by atoms with Crippen LogP contribution in [0.1, 0.15) is 35.4 Å². The van der Waals surface area contributed by atoms with Gasteiger partial charge in [0, 0.05) is 24.5 Å². The van der Waals surface area contributed by atoms with Crippen LogP contribution in [0.3, 0.4) is 0 Å². The first-order valence-corrected chi connectivity index (χ1v) is 9.17. The maximum Gasteiger partial charge on any atom is 0.257 e. The molecular formula is C17H21N3O3S. The highest BCUT2D eigenvalue weighted by Crippen LogP contribution is 2.36. The molecule has 7 heteroatoms. The summed E-state index contributed by atoms with van der Waals surface area (Å²) in [6.45, 7) is 3.91. The van der Waals surface area contributed by atoms with E-state index >= 15 is 0 Å². The van der Waals surface area contributed by atoms with Crippen molar-refractivity contribution in [2.75, 3.05) is 25.0 Å². The van der Waals surface area contributed by atoms with Crippen LogP contribution in [0.5, 0.6) is 0 Å². The van der Waals surface area contributed by atoms with Gasteiger partial charge in [0.25, 0.3) is 5.91 Å². The van der Waals surface area contributed by atoms with Crippen molar-refractivity contribution >= 4 is 22.4 Å². The van der Waals surface area contributed by atoms with Gasteiger partial charge >= 0.3 is 0 Å². The molecule has 2 atom stereocenters. The van der Waals surface area contributed by atoms with Crippen molar-refractivity contribution in [3.8, 4) is 0 Å². The van der Waals surface area contributed by atoms with Gasteiger partial charge in [-0.1, -0.05) is 0 Å². The van der Waals surface area contributed by atoms with Crippen molar-refractivity contribution in [3.63, 3.8) is 0 Å². The molecule has 0 radical (unpaired) electrons. The van der Waals surface area contributed by atoms with Gasteiger partial charge in [0.2, 0.25) is 0 Å². The third-order valence-corrected chi connectivity index (χ3v) is 5.59. The van der Waals surface area contributed by atoms with E-state index in [4.69, 9.17) is 9.15 Å². The van der Waals surface area contributed by atoms with E-state index in [1.54, 1.807) is 29.9 Å². The van der Waals surface area contributed by atoms with E-state index in [9.17, 15) is 4.79 Å². The van der Waals surface area contributed by atoms with Crippen LogP contribution in [0, 0.1) is 6.92 Å². The molecule has 2 saturated heterocycles. The number of ether oxygens (including phenoxy) is 1. The average molecular weight is 347 g/mol. The molecule has 0 saturated carbocycles. The van der Waals surface area contributed by atoms with Gasteiger partial charge in [-0.25, -0.2) is 4.98 Å². The van der Waals surface area contributed by atoms with E-state index in [0.717, 1.165) is 30.9 Å². The minimum atomic E-state index is -0.236. The predicted octanol–water partition coefficient (Wildman–Crippen LogP) is 2.92. The minimum Gasteiger partial charge on any atom is -0.469 e. The van der Waals surface area contributed by atoms with Crippen LogP contribution < -0.4 is 5.32 Å². The maximum absolute atomic E-state index is 12.7. The lowest BCUT2D eigenvalue weighted by atomic mass is 9.88. The fraction of sp³-hybridized carbons (Fsp3) is 0.529. The first-order valence-electron chi connectivity index (χ1n) is 8.29. The lowest BCUT2D eigenvalue weighted by Crippen LogP contribution is -2.50. The van der Waals surface area contributed by atoms with Gasteiger partial charge in [-0.15, -0.1) is 11.3 Å². The molecule has 0 unspecified atom stereocenters. The van der Waals surface area contributed by atoms with E-state index in [2.05, 4.69) is 10.3 Å². The summed E-state index contributed by atoms with van der Waals surface area (Å²) >= 11 is 1.60. The number of piperidine rings is 1. The van der Waals surface area contributed by atoms with E-state index in [1.807, 2.05) is 17.2 Å². The van der Waals surface area contributed by atoms with Gasteiger partial charge < -0.3 is 19.4 Å². The highest BCUT2D eigenvalue weighted by atomic mass is 32.1. The Balaban J connectivity index is 1.43. The van der Waals surface area contributed by atoms with Crippen molar-refractivity contribution in [3.05, 3.63) is 35.2 Å². The van der Waals surface area contributed by atoms with Crippen LogP contribution in [0.2, 0.25) is 0 Å². The van der Waals surface area contributed by atoms with Crippen molar-refractivity contribution in [1.82, 2.24) is 9.88 Å². The van der Waals surface area contributed by atoms with Crippen LogP contribution in [0.25, 0.3) is 0 Å². The molecule has 6 nitrogen and oxygen atoms in total. The number of hydrogen-bond acceptors (Lipinski definition) is 6. The third-order valence-electron chi connectivity index (χ3n) is 4.88. The number of aryl methyl sites for hydroxylation is 1. The number of nitrogens with zero attached hydrogens (tertiary/aromatic N) is 2. The molecule has 4 heterocycles. The highest BCUT2D eigenvalue weighted by molar-refractivity contribution is 7.13. The van der Waals surface area contributed by atoms with Crippen molar-refractivity contribution in [2.24, 2.45) is 0 Å². The lowest BCUT2D eigenvalue weighted by molar-refractivity contribution is -0.0447. The third kappa shape index (κ3) is 2.93. The molecular weight excluding hydrogens is 326 g/mol. The summed E-state index contributed by atoms with van der Waals surface area (Å²) in [6.07, 6.45) is 6.24. The van der Waals surface area contributed by atoms with E-state index in [-0.39, 0.29) is 17.6 Å². The first kappa shape index (κ1) is 15.7. The largest absolute Gasteiger partial charge is 0.469 e. The molecule has 1 N–H and O–H groups in total. The monoisotopic (exact) mass is 347 g/mol. The Morgan fingerprint density at radius 3 is 3.21 bits per heavy atom. The fourth-order valence-corrected chi connectivity index (χ4v) is 4.35. The minimum absolute atomic E-state index is 0.0419. The molecule has 1 spiro atoms. The standard InChI is InChI=1S/C17H21N3O3S/c1-12-14(3-7-22-12)15(21)20-6-2-4-17(11-20)9-13(10-23-17)19-16-18-5-8-24-16/h3,5,7-8,13H,2,4,6,9-11H2,1H3,(H,18,19)/t13-,17+/m0/s1. The Bertz CT molecular complexity index is 714. The summed E-state index contributed by atoms with van der Waals surface area (Å²) in [5, 5.41) is 6.33. The predicted molar refractivity (Wildman–Crippen MR) is 91.4 cm³/mol. The van der Waals surface area contributed by atoms with Gasteiger partial charge in [0.1, 0.15) is 5.76 Å². The number of nitrogens with one attached hydrogen (secondary N) is 1. The van der Waals surface area contributed by atoms with Crippen molar-refractivity contribution in [1.29, 1.82) is 0 Å². The molecule has 2 aromatic rings. The van der Waals surface area contributed by atoms with Crippen molar-refractivity contribution < 1.29 is 13.9 Å². The molecule has 128 valence electrons. The quantitative estimate of drug-likeness (QED) is 0.925. The van der Waals surface area contributed by atoms with Gasteiger partial charge in [0.15, 0.2) is 5.13 Å². The van der Waals surface area contributed by atoms with Crippen molar-refractivity contribution in [2.45, 2.75) is 37.8 Å². The summed E-state index contributed by atoms with van der Waals surface area (Å²) < 4.78 is 11.4. The number of furan rings is 1. The van der Waals surface area contributed by atoms with Gasteiger partial charge in [-0.05, 0) is 25.8 Å². The maximum atomic E-state index is 12.7. The zero-order valence-electron chi connectivity index (χ0n) is 13.7. The molecule has 2 aliphatic rings. The molecule has 24 heavy (non-hydrogen) atoms. The SMILES string of the molecule is Cc1occc1C(=O)N1CCC[C@@]2(C[C@H](Nc3nccs3)CO2)C1. The number of amides is 1. The van der Waals surface area contributed by atoms with Crippen LogP contribution in [-0.2, 0) is 4.74 Å². The smallest absolute Gasteiger partial charge is 0.257 e. The van der Waals surface area contributed by atoms with Crippen LogP contribution in [0.4, 0.5) is 5.13 Å². The Morgan fingerprint density at radius 1 is 1.54 bits per heavy atom. The highest BCUT2D eigenvalue weighted by Gasteiger charge is 2.45. The Labute approximate surface area is 144 Å². The molecule has 2 fully saturated rings. The van der Waals surface area contributed by atoms with Crippen LogP contribution in [0.15, 0.2) is 28.3 Å². The van der Waals surface area contributed by atoms with E-state index in [0.29, 0.717) is 24.5 Å². The fourth-order valence-electron chi connectivity index (χ4n) is 3.74. The topological polar surface area (TPSA) is 67.6 Å². The molecule has 2 aliphatic heterocycles. The second-order valence-electron chi connectivity index (χ2n) is 6.60. The summed E-state index contributed by atoms with van der Waals surface area (Å²) in [6, 6.07) is 2.00. The average Bonchev–Trinajstić information content (AvgIpc) is 3.30. The second-order valence-corrected chi connectivity index (χ2v) is 7.49. The number of aromatic nitrogens is 1. The summed E-state index contributed by atoms with van der Waals surface area (Å²) in [4.78, 5) is 18.9. The molecule has 0 aromatic carbocycles.